The Morgan fingerprint density at radius 3 is 2.24 bits per heavy atom. The van der Waals surface area contributed by atoms with E-state index in [1.165, 1.54) is 36.4 Å². The molecule has 11 heteroatoms. The lowest BCUT2D eigenvalue weighted by molar-refractivity contribution is -0.147. The van der Waals surface area contributed by atoms with Gasteiger partial charge in [-0.05, 0) is 55.5 Å². The molecule has 3 aromatic rings. The minimum atomic E-state index is -4.04. The summed E-state index contributed by atoms with van der Waals surface area (Å²) in [6.07, 6.45) is -0.163. The van der Waals surface area contributed by atoms with Gasteiger partial charge in [0.2, 0.25) is 5.91 Å². The predicted octanol–water partition coefficient (Wildman–Crippen LogP) is 2.68. The van der Waals surface area contributed by atoms with Gasteiger partial charge in [0.05, 0.1) is 12.5 Å². The van der Waals surface area contributed by atoms with Gasteiger partial charge in [0.1, 0.15) is 10.6 Å². The summed E-state index contributed by atoms with van der Waals surface area (Å²) < 4.78 is 35.0. The van der Waals surface area contributed by atoms with Crippen molar-refractivity contribution >= 4 is 33.7 Å². The second-order valence-electron chi connectivity index (χ2n) is 8.62. The Morgan fingerprint density at radius 2 is 1.58 bits per heavy atom. The van der Waals surface area contributed by atoms with Crippen LogP contribution in [0.25, 0.3) is 0 Å². The number of rotatable bonds is 9. The highest BCUT2D eigenvalue weighted by atomic mass is 32.2. The molecule has 1 atom stereocenters. The van der Waals surface area contributed by atoms with Crippen molar-refractivity contribution in [3.8, 4) is 5.75 Å². The molecule has 1 aliphatic rings. The number of nitrogens with zero attached hydrogens (tertiary/aromatic N) is 1. The zero-order valence-corrected chi connectivity index (χ0v) is 21.1. The molecule has 1 N–H and O–H groups in total. The van der Waals surface area contributed by atoms with Crippen LogP contribution in [0.3, 0.4) is 0 Å². The number of hydrogen-bond donors (Lipinski definition) is 1. The van der Waals surface area contributed by atoms with E-state index in [-0.39, 0.29) is 29.2 Å². The normalized spacial score (nSPS) is 15.1. The molecule has 0 aliphatic carbocycles. The van der Waals surface area contributed by atoms with E-state index in [9.17, 15) is 27.6 Å². The van der Waals surface area contributed by atoms with E-state index in [0.717, 1.165) is 10.6 Å². The van der Waals surface area contributed by atoms with Crippen molar-refractivity contribution in [1.29, 1.82) is 0 Å². The number of amides is 2. The summed E-state index contributed by atoms with van der Waals surface area (Å²) in [5.41, 5.74) is 3.91. The Kier molecular flexibility index (Phi) is 7.87. The molecule has 196 valence electrons. The Labute approximate surface area is 219 Å². The molecule has 1 aliphatic heterocycles. The van der Waals surface area contributed by atoms with Crippen molar-refractivity contribution in [2.45, 2.75) is 18.2 Å². The SMILES string of the molecule is Cc1ccc(S(=O)(=O)Oc2ccc(C(=O)COC(=O)C3CC(=O)N(NC(=O)c4ccccc4)C3)cc2)cc1. The molecule has 1 saturated heterocycles. The number of aryl methyl sites for hydroxylation is 1. The number of hydrazine groups is 1. The second-order valence-corrected chi connectivity index (χ2v) is 10.2. The van der Waals surface area contributed by atoms with E-state index in [2.05, 4.69) is 5.43 Å². The smallest absolute Gasteiger partial charge is 0.339 e. The standard InChI is InChI=1S/C27H24N2O8S/c1-18-7-13-23(14-8-18)38(34,35)37-22-11-9-19(10-12-22)24(30)17-36-27(33)21-15-25(31)29(16-21)28-26(32)20-5-3-2-4-6-20/h2-14,21H,15-17H2,1H3,(H,28,32). The third-order valence-corrected chi connectivity index (χ3v) is 7.03. The van der Waals surface area contributed by atoms with Gasteiger partial charge in [-0.2, -0.15) is 8.42 Å². The first-order valence-corrected chi connectivity index (χ1v) is 13.0. The second kappa shape index (κ2) is 11.3. The Hall–Kier alpha value is -4.51. The maximum Gasteiger partial charge on any atom is 0.339 e. The number of benzene rings is 3. The van der Waals surface area contributed by atoms with Gasteiger partial charge in [-0.25, -0.2) is 0 Å². The number of carbonyl (C=O) groups excluding carboxylic acids is 4. The third kappa shape index (κ3) is 6.43. The lowest BCUT2D eigenvalue weighted by Crippen LogP contribution is -2.43. The van der Waals surface area contributed by atoms with E-state index in [1.807, 2.05) is 6.92 Å². The van der Waals surface area contributed by atoms with Crippen LogP contribution in [0.1, 0.15) is 32.7 Å². The monoisotopic (exact) mass is 536 g/mol. The van der Waals surface area contributed by atoms with E-state index in [1.54, 1.807) is 42.5 Å². The summed E-state index contributed by atoms with van der Waals surface area (Å²) in [5, 5.41) is 1.06. The first kappa shape index (κ1) is 26.6. The van der Waals surface area contributed by atoms with Crippen LogP contribution in [0.4, 0.5) is 0 Å². The molecule has 38 heavy (non-hydrogen) atoms. The number of Topliss-reactive ketones (excluding diaryl/α,β-unsaturated/α-hetero) is 1. The third-order valence-electron chi connectivity index (χ3n) is 5.77. The molecule has 1 unspecified atom stereocenters. The number of nitrogens with one attached hydrogen (secondary N) is 1. The van der Waals surface area contributed by atoms with Crippen LogP contribution in [0.15, 0.2) is 83.8 Å². The van der Waals surface area contributed by atoms with Gasteiger partial charge in [0.15, 0.2) is 12.4 Å². The minimum Gasteiger partial charge on any atom is -0.457 e. The summed E-state index contributed by atoms with van der Waals surface area (Å²) in [5.74, 6) is -3.02. The average Bonchev–Trinajstić information content (AvgIpc) is 3.28. The van der Waals surface area contributed by atoms with E-state index in [4.69, 9.17) is 8.92 Å². The minimum absolute atomic E-state index is 0.00115. The number of ketones is 1. The Morgan fingerprint density at radius 1 is 0.921 bits per heavy atom. The first-order valence-electron chi connectivity index (χ1n) is 11.6. The molecule has 2 amide bonds. The van der Waals surface area contributed by atoms with Gasteiger partial charge in [0.25, 0.3) is 5.91 Å². The summed E-state index contributed by atoms with van der Waals surface area (Å²) in [6, 6.07) is 19.8. The fourth-order valence-electron chi connectivity index (χ4n) is 3.66. The molecule has 0 spiro atoms. The summed E-state index contributed by atoms with van der Waals surface area (Å²) in [4.78, 5) is 49.4. The van der Waals surface area contributed by atoms with Crippen LogP contribution in [0, 0.1) is 12.8 Å². The van der Waals surface area contributed by atoms with Crippen LogP contribution in [-0.4, -0.2) is 50.1 Å². The van der Waals surface area contributed by atoms with Gasteiger partial charge in [-0.1, -0.05) is 35.9 Å². The molecular weight excluding hydrogens is 512 g/mol. The lowest BCUT2D eigenvalue weighted by atomic mass is 10.1. The summed E-state index contributed by atoms with van der Waals surface area (Å²) in [7, 11) is -4.04. The average molecular weight is 537 g/mol. The maximum absolute atomic E-state index is 12.5. The fraction of sp³-hybridized carbons (Fsp3) is 0.185. The van der Waals surface area contributed by atoms with Crippen molar-refractivity contribution in [2.24, 2.45) is 5.92 Å². The molecule has 1 heterocycles. The molecular formula is C27H24N2O8S. The molecule has 0 radical (unpaired) electrons. The van der Waals surface area contributed by atoms with Crippen molar-refractivity contribution in [3.05, 3.63) is 95.6 Å². The van der Waals surface area contributed by atoms with Crippen LogP contribution in [0.5, 0.6) is 5.75 Å². The molecule has 4 rings (SSSR count). The molecule has 0 aromatic heterocycles. The molecule has 10 nitrogen and oxygen atoms in total. The number of hydrogen-bond acceptors (Lipinski definition) is 8. The van der Waals surface area contributed by atoms with Gasteiger partial charge in [-0.15, -0.1) is 0 Å². The molecule has 0 bridgehead atoms. The maximum atomic E-state index is 12.5. The number of esters is 1. The quantitative estimate of drug-likeness (QED) is 0.250. The fourth-order valence-corrected chi connectivity index (χ4v) is 4.59. The van der Waals surface area contributed by atoms with E-state index in [0.29, 0.717) is 5.56 Å². The highest BCUT2D eigenvalue weighted by molar-refractivity contribution is 7.87. The summed E-state index contributed by atoms with van der Waals surface area (Å²) >= 11 is 0. The van der Waals surface area contributed by atoms with Crippen LogP contribution < -0.4 is 9.61 Å². The van der Waals surface area contributed by atoms with Crippen molar-refractivity contribution in [3.63, 3.8) is 0 Å². The van der Waals surface area contributed by atoms with Crippen LogP contribution in [0.2, 0.25) is 0 Å². The number of carbonyl (C=O) groups is 4. The van der Waals surface area contributed by atoms with Crippen molar-refractivity contribution in [2.75, 3.05) is 13.2 Å². The van der Waals surface area contributed by atoms with E-state index >= 15 is 0 Å². The molecule has 0 saturated carbocycles. The van der Waals surface area contributed by atoms with Gasteiger partial charge in [0, 0.05) is 17.5 Å². The van der Waals surface area contributed by atoms with Crippen LogP contribution >= 0.6 is 0 Å². The highest BCUT2D eigenvalue weighted by Crippen LogP contribution is 2.21. The Bertz CT molecular complexity index is 1450. The van der Waals surface area contributed by atoms with Crippen molar-refractivity contribution in [1.82, 2.24) is 10.4 Å². The van der Waals surface area contributed by atoms with Gasteiger partial charge in [-0.3, -0.25) is 29.6 Å². The zero-order valence-electron chi connectivity index (χ0n) is 20.3. The van der Waals surface area contributed by atoms with E-state index < -0.39 is 46.2 Å². The predicted molar refractivity (Wildman–Crippen MR) is 134 cm³/mol. The zero-order chi connectivity index (χ0) is 27.3. The first-order chi connectivity index (χ1) is 18.1. The molecule has 3 aromatic carbocycles. The number of ether oxygens (including phenoxy) is 1. The lowest BCUT2D eigenvalue weighted by Gasteiger charge is -2.17. The largest absolute Gasteiger partial charge is 0.457 e. The van der Waals surface area contributed by atoms with Gasteiger partial charge < -0.3 is 8.92 Å². The van der Waals surface area contributed by atoms with Crippen molar-refractivity contribution < 1.29 is 36.5 Å². The Balaban J connectivity index is 1.27. The van der Waals surface area contributed by atoms with Crippen LogP contribution in [-0.2, 0) is 24.4 Å². The molecule has 1 fully saturated rings. The summed E-state index contributed by atoms with van der Waals surface area (Å²) in [6.45, 7) is 1.19. The van der Waals surface area contributed by atoms with Gasteiger partial charge >= 0.3 is 16.1 Å². The highest BCUT2D eigenvalue weighted by Gasteiger charge is 2.36. The topological polar surface area (TPSA) is 136 Å².